The van der Waals surface area contributed by atoms with Crippen molar-refractivity contribution in [1.82, 2.24) is 14.5 Å². The topological polar surface area (TPSA) is 69.7 Å². The number of nitrogens with one attached hydrogen (secondary N) is 1. The lowest BCUT2D eigenvalue weighted by atomic mass is 9.95. The highest BCUT2D eigenvalue weighted by atomic mass is 35.5. The Morgan fingerprint density at radius 1 is 1.20 bits per heavy atom. The van der Waals surface area contributed by atoms with Crippen molar-refractivity contribution in [2.24, 2.45) is 11.8 Å². The zero-order valence-corrected chi connectivity index (χ0v) is 20.0. The highest BCUT2D eigenvalue weighted by Gasteiger charge is 2.53. The number of piperidine rings is 1. The van der Waals surface area contributed by atoms with Crippen LogP contribution >= 0.6 is 11.6 Å². The van der Waals surface area contributed by atoms with E-state index in [0.717, 1.165) is 12.8 Å². The van der Waals surface area contributed by atoms with E-state index in [1.54, 1.807) is 18.2 Å². The Morgan fingerprint density at radius 3 is 2.43 bits per heavy atom. The van der Waals surface area contributed by atoms with E-state index in [0.29, 0.717) is 43.4 Å². The average molecular weight is 456 g/mol. The first kappa shape index (κ1) is 23.5. The van der Waals surface area contributed by atoms with E-state index in [-0.39, 0.29) is 22.8 Å². The van der Waals surface area contributed by atoms with E-state index in [2.05, 4.69) is 33.0 Å². The SMILES string of the molecule is CC[C@H](C)CN1C(=O)[C@H]([C@@H](C)CC)NC12CCN(S(=O)(=O)c1cccc(Cl)c1)CC2. The first-order chi connectivity index (χ1) is 14.1. The highest BCUT2D eigenvalue weighted by Crippen LogP contribution is 2.37. The van der Waals surface area contributed by atoms with Crippen LogP contribution in [-0.2, 0) is 14.8 Å². The van der Waals surface area contributed by atoms with Gasteiger partial charge in [0.15, 0.2) is 0 Å². The van der Waals surface area contributed by atoms with E-state index in [4.69, 9.17) is 11.6 Å². The van der Waals surface area contributed by atoms with Gasteiger partial charge in [-0.1, -0.05) is 58.2 Å². The summed E-state index contributed by atoms with van der Waals surface area (Å²) >= 11 is 6.01. The Kier molecular flexibility index (Phi) is 7.17. The second-order valence-corrected chi connectivity index (χ2v) is 11.2. The van der Waals surface area contributed by atoms with Crippen LogP contribution in [0.5, 0.6) is 0 Å². The number of nitrogens with zero attached hydrogens (tertiary/aromatic N) is 2. The number of carbonyl (C=O) groups excluding carboxylic acids is 1. The monoisotopic (exact) mass is 455 g/mol. The van der Waals surface area contributed by atoms with Crippen molar-refractivity contribution in [3.8, 4) is 0 Å². The first-order valence-corrected chi connectivity index (χ1v) is 12.8. The molecule has 1 N–H and O–H groups in total. The van der Waals surface area contributed by atoms with Gasteiger partial charge in [0, 0.05) is 24.7 Å². The van der Waals surface area contributed by atoms with Crippen molar-refractivity contribution in [2.75, 3.05) is 19.6 Å². The van der Waals surface area contributed by atoms with Crippen molar-refractivity contribution in [3.05, 3.63) is 29.3 Å². The molecular formula is C22H34ClN3O3S. The third-order valence-corrected chi connectivity index (χ3v) is 8.99. The van der Waals surface area contributed by atoms with Gasteiger partial charge >= 0.3 is 0 Å². The number of halogens is 1. The van der Waals surface area contributed by atoms with Crippen LogP contribution in [0.15, 0.2) is 29.2 Å². The quantitative estimate of drug-likeness (QED) is 0.680. The summed E-state index contributed by atoms with van der Waals surface area (Å²) in [5.74, 6) is 0.803. The molecule has 1 amide bonds. The standard InChI is InChI=1S/C22H34ClN3O3S/c1-5-16(3)15-26-21(27)20(17(4)6-2)24-22(26)10-12-25(13-11-22)30(28,29)19-9-7-8-18(23)14-19/h7-9,14,16-17,20,24H,5-6,10-13,15H2,1-4H3/t16-,17-,20-/m0/s1. The Morgan fingerprint density at radius 2 is 1.87 bits per heavy atom. The van der Waals surface area contributed by atoms with Gasteiger partial charge < -0.3 is 4.90 Å². The van der Waals surface area contributed by atoms with Gasteiger partial charge in [-0.2, -0.15) is 4.31 Å². The zero-order valence-electron chi connectivity index (χ0n) is 18.4. The summed E-state index contributed by atoms with van der Waals surface area (Å²) < 4.78 is 27.7. The molecule has 0 unspecified atom stereocenters. The fraction of sp³-hybridized carbons (Fsp3) is 0.682. The summed E-state index contributed by atoms with van der Waals surface area (Å²) in [4.78, 5) is 15.5. The van der Waals surface area contributed by atoms with Crippen LogP contribution in [0.3, 0.4) is 0 Å². The Hall–Kier alpha value is -1.15. The van der Waals surface area contributed by atoms with Crippen molar-refractivity contribution >= 4 is 27.5 Å². The molecule has 168 valence electrons. The molecule has 0 bridgehead atoms. The van der Waals surface area contributed by atoms with Crippen molar-refractivity contribution in [1.29, 1.82) is 0 Å². The summed E-state index contributed by atoms with van der Waals surface area (Å²) in [6.07, 6.45) is 3.10. The van der Waals surface area contributed by atoms with Crippen LogP contribution in [0.2, 0.25) is 5.02 Å². The molecule has 0 saturated carbocycles. The molecule has 1 aromatic carbocycles. The van der Waals surface area contributed by atoms with Gasteiger partial charge in [0.05, 0.1) is 16.6 Å². The minimum absolute atomic E-state index is 0.163. The van der Waals surface area contributed by atoms with E-state index in [1.165, 1.54) is 10.4 Å². The van der Waals surface area contributed by atoms with Crippen LogP contribution in [0.4, 0.5) is 0 Å². The van der Waals surface area contributed by atoms with E-state index < -0.39 is 15.7 Å². The van der Waals surface area contributed by atoms with Crippen LogP contribution < -0.4 is 5.32 Å². The summed E-state index contributed by atoms with van der Waals surface area (Å²) in [6.45, 7) is 9.96. The first-order valence-electron chi connectivity index (χ1n) is 11.0. The number of amides is 1. The molecule has 1 spiro atoms. The summed E-state index contributed by atoms with van der Waals surface area (Å²) in [7, 11) is -3.61. The summed E-state index contributed by atoms with van der Waals surface area (Å²) in [5, 5.41) is 4.05. The second-order valence-electron chi connectivity index (χ2n) is 8.86. The Bertz CT molecular complexity index is 868. The van der Waals surface area contributed by atoms with Gasteiger partial charge in [-0.05, 0) is 42.9 Å². The van der Waals surface area contributed by atoms with Gasteiger partial charge in [0.25, 0.3) is 0 Å². The molecule has 6 nitrogen and oxygen atoms in total. The lowest BCUT2D eigenvalue weighted by Crippen LogP contribution is -2.60. The van der Waals surface area contributed by atoms with Gasteiger partial charge in [0.1, 0.15) is 0 Å². The molecule has 1 aromatic rings. The van der Waals surface area contributed by atoms with Gasteiger partial charge in [-0.25, -0.2) is 8.42 Å². The largest absolute Gasteiger partial charge is 0.323 e. The fourth-order valence-corrected chi connectivity index (χ4v) is 6.16. The zero-order chi connectivity index (χ0) is 22.1. The Labute approximate surface area is 186 Å². The third kappa shape index (κ3) is 4.40. The average Bonchev–Trinajstić information content (AvgIpc) is 2.99. The molecule has 2 aliphatic heterocycles. The fourth-order valence-electron chi connectivity index (χ4n) is 4.42. The van der Waals surface area contributed by atoms with E-state index >= 15 is 0 Å². The maximum atomic E-state index is 13.3. The number of hydrogen-bond donors (Lipinski definition) is 1. The molecule has 3 atom stereocenters. The molecule has 2 aliphatic rings. The van der Waals surface area contributed by atoms with Crippen LogP contribution in [0, 0.1) is 11.8 Å². The highest BCUT2D eigenvalue weighted by molar-refractivity contribution is 7.89. The summed E-state index contributed by atoms with van der Waals surface area (Å²) in [5.41, 5.74) is -0.463. The molecule has 2 heterocycles. The maximum absolute atomic E-state index is 13.3. The van der Waals surface area contributed by atoms with Gasteiger partial charge in [-0.3, -0.25) is 10.1 Å². The van der Waals surface area contributed by atoms with Crippen molar-refractivity contribution in [3.63, 3.8) is 0 Å². The molecule has 2 fully saturated rings. The van der Waals surface area contributed by atoms with Crippen LogP contribution in [-0.4, -0.2) is 54.9 Å². The predicted molar refractivity (Wildman–Crippen MR) is 120 cm³/mol. The lowest BCUT2D eigenvalue weighted by Gasteiger charge is -2.45. The van der Waals surface area contributed by atoms with Crippen LogP contribution in [0.1, 0.15) is 53.4 Å². The smallest absolute Gasteiger partial charge is 0.243 e. The van der Waals surface area contributed by atoms with E-state index in [1.807, 2.05) is 4.90 Å². The predicted octanol–water partition coefficient (Wildman–Crippen LogP) is 3.71. The van der Waals surface area contributed by atoms with Gasteiger partial charge in [0.2, 0.25) is 15.9 Å². The molecule has 8 heteroatoms. The van der Waals surface area contributed by atoms with Crippen molar-refractivity contribution < 1.29 is 13.2 Å². The number of benzene rings is 1. The molecule has 0 aliphatic carbocycles. The number of rotatable bonds is 7. The maximum Gasteiger partial charge on any atom is 0.243 e. The minimum atomic E-state index is -3.61. The molecule has 30 heavy (non-hydrogen) atoms. The number of carbonyl (C=O) groups is 1. The second kappa shape index (κ2) is 9.15. The summed E-state index contributed by atoms with van der Waals surface area (Å²) in [6, 6.07) is 6.20. The van der Waals surface area contributed by atoms with Crippen molar-refractivity contribution in [2.45, 2.75) is 70.0 Å². The van der Waals surface area contributed by atoms with Gasteiger partial charge in [-0.15, -0.1) is 0 Å². The molecule has 0 aromatic heterocycles. The molecular weight excluding hydrogens is 422 g/mol. The Balaban J connectivity index is 1.82. The number of hydrogen-bond acceptors (Lipinski definition) is 4. The third-order valence-electron chi connectivity index (χ3n) is 6.86. The molecule has 3 rings (SSSR count). The van der Waals surface area contributed by atoms with E-state index in [9.17, 15) is 13.2 Å². The van der Waals surface area contributed by atoms with Crippen LogP contribution in [0.25, 0.3) is 0 Å². The molecule has 2 saturated heterocycles. The minimum Gasteiger partial charge on any atom is -0.323 e. The molecule has 0 radical (unpaired) electrons. The number of sulfonamides is 1. The normalized spacial score (nSPS) is 24.4. The lowest BCUT2D eigenvalue weighted by molar-refractivity contribution is -0.134.